The summed E-state index contributed by atoms with van der Waals surface area (Å²) in [6.45, 7) is 6.26. The summed E-state index contributed by atoms with van der Waals surface area (Å²) in [6, 6.07) is 14.1. The van der Waals surface area contributed by atoms with Gasteiger partial charge in [-0.1, -0.05) is 50.2 Å². The zero-order valence-corrected chi connectivity index (χ0v) is 10.6. The Morgan fingerprint density at radius 2 is 1.59 bits per heavy atom. The van der Waals surface area contributed by atoms with Gasteiger partial charge in [0.05, 0.1) is 0 Å². The standard InChI is InChI=1S/C16H18O/c1-11(2)16-12(3)9-14(10-15(16)17)13-7-5-4-6-8-13/h4-11,17H,1-3H3. The van der Waals surface area contributed by atoms with Crippen molar-refractivity contribution >= 4 is 0 Å². The highest BCUT2D eigenvalue weighted by Crippen LogP contribution is 2.33. The fourth-order valence-corrected chi connectivity index (χ4v) is 2.33. The van der Waals surface area contributed by atoms with Gasteiger partial charge in [-0.2, -0.15) is 0 Å². The summed E-state index contributed by atoms with van der Waals surface area (Å²) in [4.78, 5) is 0. The summed E-state index contributed by atoms with van der Waals surface area (Å²) in [5.41, 5.74) is 4.41. The number of hydrogen-bond donors (Lipinski definition) is 1. The number of phenolic OH excluding ortho intramolecular Hbond substituents is 1. The van der Waals surface area contributed by atoms with Crippen LogP contribution in [0.5, 0.6) is 5.75 Å². The fraction of sp³-hybridized carbons (Fsp3) is 0.250. The van der Waals surface area contributed by atoms with E-state index in [0.717, 1.165) is 22.3 Å². The SMILES string of the molecule is Cc1cc(-c2ccccc2)cc(O)c1C(C)C. The maximum absolute atomic E-state index is 10.1. The normalized spacial score (nSPS) is 10.8. The third-order valence-corrected chi connectivity index (χ3v) is 3.05. The van der Waals surface area contributed by atoms with Crippen molar-refractivity contribution in [2.75, 3.05) is 0 Å². The van der Waals surface area contributed by atoms with Gasteiger partial charge < -0.3 is 5.11 Å². The molecule has 1 nitrogen and oxygen atoms in total. The van der Waals surface area contributed by atoms with Crippen molar-refractivity contribution in [3.8, 4) is 16.9 Å². The lowest BCUT2D eigenvalue weighted by Gasteiger charge is -2.14. The number of rotatable bonds is 2. The Labute approximate surface area is 103 Å². The van der Waals surface area contributed by atoms with Gasteiger partial charge in [-0.25, -0.2) is 0 Å². The highest BCUT2D eigenvalue weighted by atomic mass is 16.3. The Bertz CT molecular complexity index is 489. The van der Waals surface area contributed by atoms with Crippen molar-refractivity contribution in [1.29, 1.82) is 0 Å². The smallest absolute Gasteiger partial charge is 0.119 e. The van der Waals surface area contributed by atoms with E-state index in [9.17, 15) is 5.11 Å². The van der Waals surface area contributed by atoms with Gasteiger partial charge in [0.25, 0.3) is 0 Å². The molecule has 0 saturated heterocycles. The third-order valence-electron chi connectivity index (χ3n) is 3.05. The molecule has 88 valence electrons. The quantitative estimate of drug-likeness (QED) is 0.799. The summed E-state index contributed by atoms with van der Waals surface area (Å²) < 4.78 is 0. The highest BCUT2D eigenvalue weighted by Gasteiger charge is 2.11. The first-order valence-corrected chi connectivity index (χ1v) is 5.98. The first kappa shape index (κ1) is 11.7. The predicted molar refractivity (Wildman–Crippen MR) is 72.4 cm³/mol. The molecular formula is C16H18O. The van der Waals surface area contributed by atoms with Crippen molar-refractivity contribution in [2.24, 2.45) is 0 Å². The molecule has 2 aromatic carbocycles. The Hall–Kier alpha value is -1.76. The van der Waals surface area contributed by atoms with E-state index in [1.165, 1.54) is 0 Å². The minimum atomic E-state index is 0.347. The van der Waals surface area contributed by atoms with Crippen molar-refractivity contribution in [2.45, 2.75) is 26.7 Å². The van der Waals surface area contributed by atoms with Crippen LogP contribution in [-0.4, -0.2) is 5.11 Å². The van der Waals surface area contributed by atoms with E-state index in [4.69, 9.17) is 0 Å². The third kappa shape index (κ3) is 2.33. The van der Waals surface area contributed by atoms with E-state index in [1.54, 1.807) is 0 Å². The van der Waals surface area contributed by atoms with Crippen LogP contribution < -0.4 is 0 Å². The molecule has 0 aliphatic rings. The maximum atomic E-state index is 10.1. The molecule has 0 amide bonds. The zero-order valence-electron chi connectivity index (χ0n) is 10.6. The van der Waals surface area contributed by atoms with Gasteiger partial charge in [0, 0.05) is 0 Å². The number of hydrogen-bond acceptors (Lipinski definition) is 1. The average molecular weight is 226 g/mol. The summed E-state index contributed by atoms with van der Waals surface area (Å²) >= 11 is 0. The molecule has 0 unspecified atom stereocenters. The van der Waals surface area contributed by atoms with Crippen LogP contribution in [0, 0.1) is 6.92 Å². The van der Waals surface area contributed by atoms with Gasteiger partial charge >= 0.3 is 0 Å². The van der Waals surface area contributed by atoms with Gasteiger partial charge in [0.1, 0.15) is 5.75 Å². The van der Waals surface area contributed by atoms with Crippen LogP contribution in [0.2, 0.25) is 0 Å². The van der Waals surface area contributed by atoms with E-state index >= 15 is 0 Å². The molecule has 1 heteroatoms. The first-order chi connectivity index (χ1) is 8.09. The molecule has 0 bridgehead atoms. The molecule has 0 radical (unpaired) electrons. The lowest BCUT2D eigenvalue weighted by atomic mass is 9.93. The maximum Gasteiger partial charge on any atom is 0.119 e. The molecule has 0 fully saturated rings. The van der Waals surface area contributed by atoms with Crippen LogP contribution in [0.15, 0.2) is 42.5 Å². The van der Waals surface area contributed by atoms with Crippen LogP contribution in [0.1, 0.15) is 30.9 Å². The molecule has 0 heterocycles. The Balaban J connectivity index is 2.53. The second-order valence-corrected chi connectivity index (χ2v) is 4.75. The van der Waals surface area contributed by atoms with Crippen LogP contribution in [-0.2, 0) is 0 Å². The van der Waals surface area contributed by atoms with E-state index in [2.05, 4.69) is 39.0 Å². The van der Waals surface area contributed by atoms with Crippen LogP contribution in [0.4, 0.5) is 0 Å². The Morgan fingerprint density at radius 1 is 0.941 bits per heavy atom. The van der Waals surface area contributed by atoms with Crippen LogP contribution in [0.3, 0.4) is 0 Å². The number of aromatic hydroxyl groups is 1. The predicted octanol–water partition coefficient (Wildman–Crippen LogP) is 4.49. The molecule has 2 rings (SSSR count). The van der Waals surface area contributed by atoms with Gasteiger partial charge in [-0.15, -0.1) is 0 Å². The monoisotopic (exact) mass is 226 g/mol. The van der Waals surface area contributed by atoms with E-state index in [0.29, 0.717) is 11.7 Å². The topological polar surface area (TPSA) is 20.2 Å². The summed E-state index contributed by atoms with van der Waals surface area (Å²) in [5, 5.41) is 10.1. The lowest BCUT2D eigenvalue weighted by Crippen LogP contribution is -1.93. The first-order valence-electron chi connectivity index (χ1n) is 5.98. The van der Waals surface area contributed by atoms with E-state index in [1.807, 2.05) is 24.3 Å². The van der Waals surface area contributed by atoms with Crippen LogP contribution >= 0.6 is 0 Å². The van der Waals surface area contributed by atoms with E-state index in [-0.39, 0.29) is 0 Å². The molecule has 0 saturated carbocycles. The average Bonchev–Trinajstić information content (AvgIpc) is 2.28. The largest absolute Gasteiger partial charge is 0.508 e. The molecule has 17 heavy (non-hydrogen) atoms. The van der Waals surface area contributed by atoms with Crippen molar-refractivity contribution in [1.82, 2.24) is 0 Å². The van der Waals surface area contributed by atoms with Crippen molar-refractivity contribution in [3.63, 3.8) is 0 Å². The molecule has 0 spiro atoms. The fourth-order valence-electron chi connectivity index (χ4n) is 2.33. The molecule has 1 N–H and O–H groups in total. The van der Waals surface area contributed by atoms with E-state index < -0.39 is 0 Å². The minimum absolute atomic E-state index is 0.347. The zero-order chi connectivity index (χ0) is 12.4. The molecule has 0 aliphatic carbocycles. The molecule has 0 aromatic heterocycles. The Morgan fingerprint density at radius 3 is 2.12 bits per heavy atom. The highest BCUT2D eigenvalue weighted by molar-refractivity contribution is 5.67. The summed E-state index contributed by atoms with van der Waals surface area (Å²) in [6.07, 6.45) is 0. The number of benzene rings is 2. The second kappa shape index (κ2) is 4.62. The summed E-state index contributed by atoms with van der Waals surface area (Å²) in [7, 11) is 0. The number of aryl methyl sites for hydroxylation is 1. The van der Waals surface area contributed by atoms with Crippen molar-refractivity contribution < 1.29 is 5.11 Å². The van der Waals surface area contributed by atoms with Crippen LogP contribution in [0.25, 0.3) is 11.1 Å². The summed E-state index contributed by atoms with van der Waals surface area (Å²) in [5.74, 6) is 0.749. The molecule has 2 aromatic rings. The number of phenols is 1. The second-order valence-electron chi connectivity index (χ2n) is 4.75. The minimum Gasteiger partial charge on any atom is -0.508 e. The van der Waals surface area contributed by atoms with Gasteiger partial charge in [0.2, 0.25) is 0 Å². The van der Waals surface area contributed by atoms with Crippen molar-refractivity contribution in [3.05, 3.63) is 53.6 Å². The Kier molecular flexibility index (Phi) is 3.19. The lowest BCUT2D eigenvalue weighted by molar-refractivity contribution is 0.464. The van der Waals surface area contributed by atoms with Gasteiger partial charge in [-0.3, -0.25) is 0 Å². The molecular weight excluding hydrogens is 208 g/mol. The van der Waals surface area contributed by atoms with Gasteiger partial charge in [0.15, 0.2) is 0 Å². The van der Waals surface area contributed by atoms with Gasteiger partial charge in [-0.05, 0) is 41.2 Å². The molecule has 0 atom stereocenters. The molecule has 0 aliphatic heterocycles.